The van der Waals surface area contributed by atoms with Gasteiger partial charge in [0.1, 0.15) is 5.76 Å². The Morgan fingerprint density at radius 1 is 1.03 bits per heavy atom. The van der Waals surface area contributed by atoms with Gasteiger partial charge in [-0.3, -0.25) is 9.59 Å². The van der Waals surface area contributed by atoms with Crippen LogP contribution in [0.1, 0.15) is 78.6 Å². The van der Waals surface area contributed by atoms with Gasteiger partial charge in [-0.05, 0) is 50.5 Å². The molecular weight excluding hydrogens is 404 g/mol. The predicted octanol–water partition coefficient (Wildman–Crippen LogP) is 3.18. The van der Waals surface area contributed by atoms with Crippen LogP contribution in [0.5, 0.6) is 0 Å². The van der Waals surface area contributed by atoms with E-state index < -0.39 is 0 Å². The molecule has 2 amide bonds. The minimum absolute atomic E-state index is 0.0403. The third-order valence-corrected chi connectivity index (χ3v) is 7.33. The maximum absolute atomic E-state index is 13.2. The standard InChI is InChI=1S/C25H32N4O3/c26-19-10-8-18(9-11-19)25(31)29-13-12-21(20(15-29)16-4-2-1-3-5-16)27-24(30)22-14-23(32-28-22)17-6-7-17/h1-5,14,17-21H,6-13,15,26H2,(H,27,30). The molecule has 2 heterocycles. The highest BCUT2D eigenvalue weighted by atomic mass is 16.5. The SMILES string of the molecule is NC1CCC(C(=O)N2CCC(NC(=O)c3cc(C4CC4)on3)C(c3ccccc3)C2)CC1. The van der Waals surface area contributed by atoms with Crippen LogP contribution >= 0.6 is 0 Å². The Morgan fingerprint density at radius 2 is 1.78 bits per heavy atom. The minimum atomic E-state index is -0.201. The summed E-state index contributed by atoms with van der Waals surface area (Å²) in [5.41, 5.74) is 7.51. The van der Waals surface area contributed by atoms with Crippen LogP contribution in [0.3, 0.4) is 0 Å². The van der Waals surface area contributed by atoms with Crippen molar-refractivity contribution in [1.29, 1.82) is 0 Å². The minimum Gasteiger partial charge on any atom is -0.360 e. The fraction of sp³-hybridized carbons (Fsp3) is 0.560. The summed E-state index contributed by atoms with van der Waals surface area (Å²) < 4.78 is 5.36. The lowest BCUT2D eigenvalue weighted by atomic mass is 9.82. The molecule has 1 aromatic heterocycles. The molecule has 0 radical (unpaired) electrons. The molecule has 2 saturated carbocycles. The second kappa shape index (κ2) is 9.06. The molecule has 32 heavy (non-hydrogen) atoms. The smallest absolute Gasteiger partial charge is 0.273 e. The van der Waals surface area contributed by atoms with Gasteiger partial charge < -0.3 is 20.5 Å². The number of carbonyl (C=O) groups excluding carboxylic acids is 2. The molecule has 7 heteroatoms. The number of rotatable bonds is 5. The van der Waals surface area contributed by atoms with Gasteiger partial charge >= 0.3 is 0 Å². The largest absolute Gasteiger partial charge is 0.360 e. The molecule has 170 valence electrons. The summed E-state index contributed by atoms with van der Waals surface area (Å²) in [4.78, 5) is 28.2. The number of hydrogen-bond acceptors (Lipinski definition) is 5. The molecule has 0 spiro atoms. The van der Waals surface area contributed by atoms with Crippen LogP contribution in [-0.4, -0.2) is 47.0 Å². The van der Waals surface area contributed by atoms with Gasteiger partial charge in [-0.2, -0.15) is 0 Å². The van der Waals surface area contributed by atoms with E-state index >= 15 is 0 Å². The van der Waals surface area contributed by atoms with E-state index in [4.69, 9.17) is 10.3 Å². The van der Waals surface area contributed by atoms with Crippen molar-refractivity contribution in [2.45, 2.75) is 68.9 Å². The molecule has 0 bridgehead atoms. The number of piperidine rings is 1. The summed E-state index contributed by atoms with van der Waals surface area (Å²) >= 11 is 0. The normalized spacial score (nSPS) is 28.3. The summed E-state index contributed by atoms with van der Waals surface area (Å²) in [5, 5.41) is 7.17. The third kappa shape index (κ3) is 4.58. The molecule has 1 saturated heterocycles. The van der Waals surface area contributed by atoms with Crippen molar-refractivity contribution < 1.29 is 14.1 Å². The van der Waals surface area contributed by atoms with Crippen LogP contribution in [0.25, 0.3) is 0 Å². The van der Waals surface area contributed by atoms with Crippen molar-refractivity contribution in [2.24, 2.45) is 11.7 Å². The van der Waals surface area contributed by atoms with Gasteiger partial charge in [0.25, 0.3) is 5.91 Å². The summed E-state index contributed by atoms with van der Waals surface area (Å²) in [6, 6.07) is 12.1. The highest BCUT2D eigenvalue weighted by Gasteiger charge is 2.37. The Morgan fingerprint density at radius 3 is 2.50 bits per heavy atom. The quantitative estimate of drug-likeness (QED) is 0.750. The van der Waals surface area contributed by atoms with Crippen LogP contribution in [0.2, 0.25) is 0 Å². The molecule has 1 aliphatic heterocycles. The summed E-state index contributed by atoms with van der Waals surface area (Å²) in [6.07, 6.45) is 6.52. The van der Waals surface area contributed by atoms with Crippen molar-refractivity contribution in [3.63, 3.8) is 0 Å². The second-order valence-corrected chi connectivity index (χ2v) is 9.67. The molecule has 2 unspecified atom stereocenters. The number of benzene rings is 1. The van der Waals surface area contributed by atoms with Crippen molar-refractivity contribution in [3.8, 4) is 0 Å². The van der Waals surface area contributed by atoms with Crippen LogP contribution in [-0.2, 0) is 4.79 Å². The highest BCUT2D eigenvalue weighted by molar-refractivity contribution is 5.92. The lowest BCUT2D eigenvalue weighted by Crippen LogP contribution is -2.52. The first-order chi connectivity index (χ1) is 15.6. The Labute approximate surface area is 188 Å². The molecule has 3 N–H and O–H groups in total. The molecule has 1 aromatic carbocycles. The summed E-state index contributed by atoms with van der Waals surface area (Å²) in [5.74, 6) is 1.39. The van der Waals surface area contributed by atoms with Gasteiger partial charge in [-0.15, -0.1) is 0 Å². The van der Waals surface area contributed by atoms with Gasteiger partial charge in [0.05, 0.1) is 0 Å². The number of hydrogen-bond donors (Lipinski definition) is 2. The van der Waals surface area contributed by atoms with Gasteiger partial charge in [0.15, 0.2) is 5.69 Å². The van der Waals surface area contributed by atoms with E-state index in [1.54, 1.807) is 6.07 Å². The maximum Gasteiger partial charge on any atom is 0.273 e. The molecule has 2 aromatic rings. The number of nitrogens with two attached hydrogens (primary N) is 1. The zero-order chi connectivity index (χ0) is 22.1. The second-order valence-electron chi connectivity index (χ2n) is 9.67. The number of amides is 2. The zero-order valence-electron chi connectivity index (χ0n) is 18.4. The molecule has 2 atom stereocenters. The van der Waals surface area contributed by atoms with E-state index in [1.165, 1.54) is 0 Å². The topological polar surface area (TPSA) is 101 Å². The van der Waals surface area contributed by atoms with Gasteiger partial charge in [-0.25, -0.2) is 0 Å². The summed E-state index contributed by atoms with van der Waals surface area (Å²) in [6.45, 7) is 1.27. The number of aromatic nitrogens is 1. The van der Waals surface area contributed by atoms with Crippen LogP contribution in [0.15, 0.2) is 40.9 Å². The predicted molar refractivity (Wildman–Crippen MR) is 120 cm³/mol. The van der Waals surface area contributed by atoms with Gasteiger partial charge in [0, 0.05) is 49.0 Å². The molecule has 3 aliphatic rings. The number of carbonyl (C=O) groups is 2. The fourth-order valence-electron chi connectivity index (χ4n) is 5.19. The first kappa shape index (κ1) is 21.2. The van der Waals surface area contributed by atoms with E-state index in [2.05, 4.69) is 22.6 Å². The van der Waals surface area contributed by atoms with Crippen molar-refractivity contribution in [3.05, 3.63) is 53.4 Å². The average Bonchev–Trinajstić information content (AvgIpc) is 3.56. The zero-order valence-corrected chi connectivity index (χ0v) is 18.4. The lowest BCUT2D eigenvalue weighted by molar-refractivity contribution is -0.138. The van der Waals surface area contributed by atoms with Crippen LogP contribution in [0.4, 0.5) is 0 Å². The molecule has 7 nitrogen and oxygen atoms in total. The molecule has 2 aliphatic carbocycles. The van der Waals surface area contributed by atoms with Crippen LogP contribution in [0, 0.1) is 5.92 Å². The van der Waals surface area contributed by atoms with E-state index in [1.807, 2.05) is 23.1 Å². The van der Waals surface area contributed by atoms with Gasteiger partial charge in [-0.1, -0.05) is 35.5 Å². The lowest BCUT2D eigenvalue weighted by Gasteiger charge is -2.41. The first-order valence-electron chi connectivity index (χ1n) is 12.0. The van der Waals surface area contributed by atoms with E-state index in [0.29, 0.717) is 24.7 Å². The molecular formula is C25H32N4O3. The van der Waals surface area contributed by atoms with Gasteiger partial charge in [0.2, 0.25) is 5.91 Å². The Hall–Kier alpha value is -2.67. The van der Waals surface area contributed by atoms with Crippen molar-refractivity contribution in [2.75, 3.05) is 13.1 Å². The Kier molecular flexibility index (Phi) is 6.00. The monoisotopic (exact) mass is 436 g/mol. The number of likely N-dealkylation sites (tertiary alicyclic amines) is 1. The average molecular weight is 437 g/mol. The van der Waals surface area contributed by atoms with Crippen molar-refractivity contribution >= 4 is 11.8 Å². The Balaban J connectivity index is 1.29. The maximum atomic E-state index is 13.2. The molecule has 3 fully saturated rings. The van der Waals surface area contributed by atoms with Crippen LogP contribution < -0.4 is 11.1 Å². The number of nitrogens with zero attached hydrogens (tertiary/aromatic N) is 2. The third-order valence-electron chi connectivity index (χ3n) is 7.33. The van der Waals surface area contributed by atoms with Crippen molar-refractivity contribution in [1.82, 2.24) is 15.4 Å². The fourth-order valence-corrected chi connectivity index (χ4v) is 5.19. The van der Waals surface area contributed by atoms with E-state index in [9.17, 15) is 9.59 Å². The summed E-state index contributed by atoms with van der Waals surface area (Å²) in [7, 11) is 0. The number of nitrogens with one attached hydrogen (secondary N) is 1. The highest BCUT2D eigenvalue weighted by Crippen LogP contribution is 2.40. The van der Waals surface area contributed by atoms with E-state index in [-0.39, 0.29) is 35.7 Å². The Bertz CT molecular complexity index is 947. The first-order valence-corrected chi connectivity index (χ1v) is 12.0. The van der Waals surface area contributed by atoms with E-state index in [0.717, 1.165) is 56.3 Å². The molecule has 5 rings (SSSR count).